The minimum absolute atomic E-state index is 0.347. The molecular formula is C10H9F3N2O2. The minimum Gasteiger partial charge on any atom is -0.401 e. The van der Waals surface area contributed by atoms with Gasteiger partial charge in [-0.1, -0.05) is 0 Å². The Hall–Kier alpha value is -1.79. The van der Waals surface area contributed by atoms with Gasteiger partial charge in [-0.25, -0.2) is 4.79 Å². The first-order chi connectivity index (χ1) is 7.97. The number of alkyl halides is 3. The Morgan fingerprint density at radius 3 is 2.88 bits per heavy atom. The number of esters is 1. The third-order valence-electron chi connectivity index (χ3n) is 2.30. The van der Waals surface area contributed by atoms with Crippen LogP contribution in [0.2, 0.25) is 0 Å². The second-order valence-electron chi connectivity index (χ2n) is 3.57. The number of carbonyl (C=O) groups is 1. The molecule has 0 atom stereocenters. The first kappa shape index (κ1) is 11.7. The fourth-order valence-corrected chi connectivity index (χ4v) is 1.52. The van der Waals surface area contributed by atoms with Crippen LogP contribution in [0.4, 0.5) is 19.0 Å². The smallest absolute Gasteiger partial charge is 0.401 e. The first-order valence-corrected chi connectivity index (χ1v) is 4.99. The zero-order valence-corrected chi connectivity index (χ0v) is 8.67. The number of aromatic nitrogens is 1. The first-order valence-electron chi connectivity index (χ1n) is 4.99. The lowest BCUT2D eigenvalue weighted by Gasteiger charge is -2.17. The van der Waals surface area contributed by atoms with E-state index in [4.69, 9.17) is 0 Å². The van der Waals surface area contributed by atoms with E-state index in [1.807, 2.05) is 0 Å². The van der Waals surface area contributed by atoms with Crippen molar-refractivity contribution in [1.29, 1.82) is 0 Å². The molecule has 1 aromatic rings. The molecule has 0 unspecified atom stereocenters. The number of rotatable bonds is 1. The van der Waals surface area contributed by atoms with Crippen LogP contribution >= 0.6 is 0 Å². The van der Waals surface area contributed by atoms with Crippen LogP contribution < -0.4 is 10.1 Å². The molecule has 0 radical (unpaired) electrons. The number of nitrogens with one attached hydrogen (secondary N) is 1. The van der Waals surface area contributed by atoms with Crippen LogP contribution in [0.25, 0.3) is 0 Å². The lowest BCUT2D eigenvalue weighted by Crippen LogP contribution is -2.28. The van der Waals surface area contributed by atoms with Crippen molar-refractivity contribution in [1.82, 2.24) is 4.98 Å². The molecule has 1 aliphatic rings. The molecule has 0 amide bonds. The predicted octanol–water partition coefficient (Wildman–Crippen LogP) is 1.91. The number of carbonyl (C=O) groups excluding carboxylic acids is 1. The van der Waals surface area contributed by atoms with Gasteiger partial charge in [-0.05, 0) is 24.5 Å². The fourth-order valence-electron chi connectivity index (χ4n) is 1.52. The highest BCUT2D eigenvalue weighted by molar-refractivity contribution is 5.77. The average Bonchev–Trinajstić information content (AvgIpc) is 2.27. The number of halogens is 3. The van der Waals surface area contributed by atoms with Crippen molar-refractivity contribution < 1.29 is 22.7 Å². The molecule has 0 bridgehead atoms. The van der Waals surface area contributed by atoms with Crippen molar-refractivity contribution in [3.8, 4) is 5.88 Å². The molecule has 7 heteroatoms. The summed E-state index contributed by atoms with van der Waals surface area (Å²) in [4.78, 5) is 14.4. The zero-order valence-electron chi connectivity index (χ0n) is 8.67. The molecule has 0 aromatic carbocycles. The number of fused-ring (bicyclic) bond motifs is 1. The van der Waals surface area contributed by atoms with Gasteiger partial charge in [0.1, 0.15) is 5.82 Å². The summed E-state index contributed by atoms with van der Waals surface area (Å²) in [5.74, 6) is -2.13. The maximum atomic E-state index is 12.0. The average molecular weight is 246 g/mol. The number of ether oxygens (including phenoxy) is 1. The lowest BCUT2D eigenvalue weighted by atomic mass is 10.1. The van der Waals surface area contributed by atoms with Gasteiger partial charge in [-0.2, -0.15) is 18.2 Å². The van der Waals surface area contributed by atoms with Gasteiger partial charge >= 0.3 is 12.1 Å². The summed E-state index contributed by atoms with van der Waals surface area (Å²) in [6.45, 7) is 0.705. The molecular weight excluding hydrogens is 237 g/mol. The Balaban J connectivity index is 2.15. The quantitative estimate of drug-likeness (QED) is 0.769. The maximum absolute atomic E-state index is 12.0. The molecule has 0 saturated heterocycles. The van der Waals surface area contributed by atoms with Gasteiger partial charge in [0.05, 0.1) is 0 Å². The van der Waals surface area contributed by atoms with Gasteiger partial charge in [0.15, 0.2) is 0 Å². The van der Waals surface area contributed by atoms with Gasteiger partial charge in [0.2, 0.25) is 5.88 Å². The molecule has 2 heterocycles. The van der Waals surface area contributed by atoms with Crippen molar-refractivity contribution >= 4 is 11.8 Å². The van der Waals surface area contributed by atoms with E-state index in [2.05, 4.69) is 15.0 Å². The number of nitrogens with zero attached hydrogens (tertiary/aromatic N) is 1. The number of hydrogen-bond donors (Lipinski definition) is 1. The molecule has 0 fully saturated rings. The Kier molecular flexibility index (Phi) is 2.91. The van der Waals surface area contributed by atoms with Crippen LogP contribution in [0.3, 0.4) is 0 Å². The molecule has 92 valence electrons. The van der Waals surface area contributed by atoms with Gasteiger partial charge in [0, 0.05) is 12.6 Å². The third-order valence-corrected chi connectivity index (χ3v) is 2.30. The van der Waals surface area contributed by atoms with E-state index in [1.165, 1.54) is 6.07 Å². The van der Waals surface area contributed by atoms with Crippen molar-refractivity contribution in [2.45, 2.75) is 19.0 Å². The van der Waals surface area contributed by atoms with Crippen LogP contribution in [-0.4, -0.2) is 23.7 Å². The normalized spacial score (nSPS) is 14.8. The van der Waals surface area contributed by atoms with Crippen LogP contribution in [0, 0.1) is 0 Å². The molecule has 1 aromatic heterocycles. The van der Waals surface area contributed by atoms with E-state index in [9.17, 15) is 18.0 Å². The molecule has 1 aliphatic heterocycles. The maximum Gasteiger partial charge on any atom is 0.491 e. The Morgan fingerprint density at radius 2 is 2.18 bits per heavy atom. The van der Waals surface area contributed by atoms with Crippen LogP contribution in [0.1, 0.15) is 12.0 Å². The molecule has 4 nitrogen and oxygen atoms in total. The molecule has 0 saturated carbocycles. The van der Waals surface area contributed by atoms with Crippen molar-refractivity contribution in [3.05, 3.63) is 17.7 Å². The predicted molar refractivity (Wildman–Crippen MR) is 52.7 cm³/mol. The Morgan fingerprint density at radius 1 is 1.41 bits per heavy atom. The lowest BCUT2D eigenvalue weighted by molar-refractivity contribution is -0.189. The highest BCUT2D eigenvalue weighted by Crippen LogP contribution is 2.24. The van der Waals surface area contributed by atoms with E-state index < -0.39 is 12.1 Å². The molecule has 0 spiro atoms. The van der Waals surface area contributed by atoms with E-state index in [1.54, 1.807) is 6.07 Å². The zero-order chi connectivity index (χ0) is 12.5. The summed E-state index contributed by atoms with van der Waals surface area (Å²) < 4.78 is 40.0. The Labute approximate surface area is 94.8 Å². The third kappa shape index (κ3) is 2.66. The molecule has 0 aliphatic carbocycles. The highest BCUT2D eigenvalue weighted by Gasteiger charge is 2.41. The Bertz CT molecular complexity index is 446. The van der Waals surface area contributed by atoms with Gasteiger partial charge in [0.25, 0.3) is 0 Å². The number of anilines is 1. The summed E-state index contributed by atoms with van der Waals surface area (Å²) in [6, 6.07) is 2.86. The van der Waals surface area contributed by atoms with Gasteiger partial charge in [-0.3, -0.25) is 0 Å². The van der Waals surface area contributed by atoms with E-state index >= 15 is 0 Å². The van der Waals surface area contributed by atoms with Crippen LogP contribution in [0.15, 0.2) is 12.1 Å². The summed E-state index contributed by atoms with van der Waals surface area (Å²) in [5.41, 5.74) is 0.906. The van der Waals surface area contributed by atoms with Crippen molar-refractivity contribution in [2.75, 3.05) is 11.9 Å². The van der Waals surface area contributed by atoms with E-state index in [0.29, 0.717) is 12.4 Å². The minimum atomic E-state index is -5.01. The fraction of sp³-hybridized carbons (Fsp3) is 0.400. The topological polar surface area (TPSA) is 51.2 Å². The molecule has 2 rings (SSSR count). The van der Waals surface area contributed by atoms with Gasteiger partial charge in [-0.15, -0.1) is 0 Å². The van der Waals surface area contributed by atoms with E-state index in [0.717, 1.165) is 18.4 Å². The summed E-state index contributed by atoms with van der Waals surface area (Å²) in [5, 5.41) is 2.93. The van der Waals surface area contributed by atoms with Crippen molar-refractivity contribution in [2.24, 2.45) is 0 Å². The molecule has 17 heavy (non-hydrogen) atoms. The number of pyridine rings is 1. The SMILES string of the molecule is O=C(Oc1ccc2c(n1)NCCC2)C(F)(F)F. The molecule has 1 N–H and O–H groups in total. The number of aryl methyl sites for hydroxylation is 1. The second kappa shape index (κ2) is 4.23. The van der Waals surface area contributed by atoms with Crippen molar-refractivity contribution in [3.63, 3.8) is 0 Å². The van der Waals surface area contributed by atoms with Crippen LogP contribution in [-0.2, 0) is 11.2 Å². The summed E-state index contributed by atoms with van der Waals surface area (Å²) in [6.07, 6.45) is -3.26. The highest BCUT2D eigenvalue weighted by atomic mass is 19.4. The van der Waals surface area contributed by atoms with Gasteiger partial charge < -0.3 is 10.1 Å². The standard InChI is InChI=1S/C10H9F3N2O2/c11-10(12,13)9(16)17-7-4-3-6-2-1-5-14-8(6)15-7/h3-4H,1-2,5H2,(H,14,15). The summed E-state index contributed by atoms with van der Waals surface area (Å²) in [7, 11) is 0. The monoisotopic (exact) mass is 246 g/mol. The number of hydrogen-bond acceptors (Lipinski definition) is 4. The largest absolute Gasteiger partial charge is 0.491 e. The second-order valence-corrected chi connectivity index (χ2v) is 3.57. The summed E-state index contributed by atoms with van der Waals surface area (Å²) >= 11 is 0. The van der Waals surface area contributed by atoms with E-state index in [-0.39, 0.29) is 5.88 Å². The van der Waals surface area contributed by atoms with Crippen LogP contribution in [0.5, 0.6) is 5.88 Å².